The Labute approximate surface area is 135 Å². The molecule has 0 spiro atoms. The highest BCUT2D eigenvalue weighted by atomic mass is 16.5. The molecule has 0 aliphatic carbocycles. The number of imidazole rings is 1. The van der Waals surface area contributed by atoms with Crippen LogP contribution in [-0.2, 0) is 13.0 Å². The third-order valence-corrected chi connectivity index (χ3v) is 4.00. The monoisotopic (exact) mass is 315 g/mol. The summed E-state index contributed by atoms with van der Waals surface area (Å²) in [6.07, 6.45) is 5.53. The number of methoxy groups -OCH3 is 1. The van der Waals surface area contributed by atoms with Gasteiger partial charge in [-0.2, -0.15) is 0 Å². The minimum Gasteiger partial charge on any atom is -0.493 e. The van der Waals surface area contributed by atoms with Crippen LogP contribution in [0.2, 0.25) is 0 Å². The number of rotatable bonds is 5. The van der Waals surface area contributed by atoms with E-state index < -0.39 is 0 Å². The van der Waals surface area contributed by atoms with Gasteiger partial charge in [-0.25, -0.2) is 4.98 Å². The molecule has 1 aliphatic heterocycles. The van der Waals surface area contributed by atoms with Gasteiger partial charge in [-0.15, -0.1) is 0 Å². The molecule has 0 unspecified atom stereocenters. The maximum Gasteiger partial charge on any atom is 0.251 e. The minimum absolute atomic E-state index is 0.0973. The van der Waals surface area contributed by atoms with Crippen molar-refractivity contribution in [3.8, 4) is 11.5 Å². The number of hydrogen-bond donors (Lipinski definition) is 1. The van der Waals surface area contributed by atoms with Crippen molar-refractivity contribution in [3.05, 3.63) is 42.0 Å². The SMILES string of the molecule is CCOc1ccc(C(=O)N[C@H]2CCc3nccn3C2)cc1OC. The first kappa shape index (κ1) is 15.4. The maximum absolute atomic E-state index is 12.5. The minimum atomic E-state index is -0.0973. The number of carbonyl (C=O) groups is 1. The fourth-order valence-corrected chi connectivity index (χ4v) is 2.84. The van der Waals surface area contributed by atoms with Gasteiger partial charge in [0.1, 0.15) is 5.82 Å². The lowest BCUT2D eigenvalue weighted by molar-refractivity contribution is 0.0927. The van der Waals surface area contributed by atoms with Gasteiger partial charge in [-0.1, -0.05) is 0 Å². The Morgan fingerprint density at radius 1 is 1.43 bits per heavy atom. The van der Waals surface area contributed by atoms with Crippen molar-refractivity contribution in [1.82, 2.24) is 14.9 Å². The zero-order chi connectivity index (χ0) is 16.2. The molecule has 0 radical (unpaired) electrons. The van der Waals surface area contributed by atoms with Crippen molar-refractivity contribution in [2.75, 3.05) is 13.7 Å². The van der Waals surface area contributed by atoms with Gasteiger partial charge >= 0.3 is 0 Å². The van der Waals surface area contributed by atoms with E-state index >= 15 is 0 Å². The summed E-state index contributed by atoms with van der Waals surface area (Å²) in [5.41, 5.74) is 0.571. The molecule has 1 aromatic heterocycles. The highest BCUT2D eigenvalue weighted by molar-refractivity contribution is 5.95. The van der Waals surface area contributed by atoms with Gasteiger partial charge in [0.2, 0.25) is 0 Å². The summed E-state index contributed by atoms with van der Waals surface area (Å²) in [5.74, 6) is 2.20. The Morgan fingerprint density at radius 2 is 2.30 bits per heavy atom. The predicted octanol–water partition coefficient (Wildman–Crippen LogP) is 2.04. The summed E-state index contributed by atoms with van der Waals surface area (Å²) in [7, 11) is 1.57. The molecule has 23 heavy (non-hydrogen) atoms. The van der Waals surface area contributed by atoms with Crippen molar-refractivity contribution in [2.45, 2.75) is 32.4 Å². The molecule has 1 N–H and O–H groups in total. The average Bonchev–Trinajstić information content (AvgIpc) is 3.03. The second-order valence-electron chi connectivity index (χ2n) is 5.50. The van der Waals surface area contributed by atoms with Crippen LogP contribution in [0.25, 0.3) is 0 Å². The number of nitrogens with one attached hydrogen (secondary N) is 1. The molecular formula is C17H21N3O3. The van der Waals surface area contributed by atoms with Crippen LogP contribution in [0.15, 0.2) is 30.6 Å². The molecule has 1 atom stereocenters. The summed E-state index contributed by atoms with van der Waals surface area (Å²) in [4.78, 5) is 16.8. The Kier molecular flexibility index (Phi) is 4.50. The molecule has 2 heterocycles. The second-order valence-corrected chi connectivity index (χ2v) is 5.50. The van der Waals surface area contributed by atoms with Gasteiger partial charge in [0.15, 0.2) is 11.5 Å². The van der Waals surface area contributed by atoms with Gasteiger partial charge in [0, 0.05) is 37.0 Å². The lowest BCUT2D eigenvalue weighted by Gasteiger charge is -2.24. The predicted molar refractivity (Wildman–Crippen MR) is 86.0 cm³/mol. The summed E-state index contributed by atoms with van der Waals surface area (Å²) in [6.45, 7) is 3.22. The Bertz CT molecular complexity index is 696. The van der Waals surface area contributed by atoms with E-state index in [1.165, 1.54) is 0 Å². The average molecular weight is 315 g/mol. The van der Waals surface area contributed by atoms with E-state index in [4.69, 9.17) is 9.47 Å². The van der Waals surface area contributed by atoms with Gasteiger partial charge in [0.05, 0.1) is 13.7 Å². The molecule has 122 valence electrons. The van der Waals surface area contributed by atoms with Crippen LogP contribution in [0, 0.1) is 0 Å². The molecule has 2 aromatic rings. The number of ether oxygens (including phenoxy) is 2. The van der Waals surface area contributed by atoms with E-state index in [1.807, 2.05) is 13.1 Å². The smallest absolute Gasteiger partial charge is 0.251 e. The van der Waals surface area contributed by atoms with Crippen LogP contribution in [-0.4, -0.2) is 35.2 Å². The number of amides is 1. The largest absolute Gasteiger partial charge is 0.493 e. The van der Waals surface area contributed by atoms with Crippen molar-refractivity contribution in [2.24, 2.45) is 0 Å². The molecule has 6 nitrogen and oxygen atoms in total. The molecule has 3 rings (SSSR count). The summed E-state index contributed by atoms with van der Waals surface area (Å²) >= 11 is 0. The van der Waals surface area contributed by atoms with Gasteiger partial charge < -0.3 is 19.4 Å². The standard InChI is InChI=1S/C17H21N3O3/c1-3-23-14-6-4-12(10-15(14)22-2)17(21)19-13-5-7-16-18-8-9-20(16)11-13/h4,6,8-10,13H,3,5,7,11H2,1-2H3,(H,19,21)/t13-/m0/s1. The van der Waals surface area contributed by atoms with Gasteiger partial charge in [0.25, 0.3) is 5.91 Å². The van der Waals surface area contributed by atoms with Crippen LogP contribution in [0.1, 0.15) is 29.5 Å². The number of fused-ring (bicyclic) bond motifs is 1. The van der Waals surface area contributed by atoms with Gasteiger partial charge in [-0.05, 0) is 31.5 Å². The fourth-order valence-electron chi connectivity index (χ4n) is 2.84. The lowest BCUT2D eigenvalue weighted by atomic mass is 10.1. The van der Waals surface area contributed by atoms with E-state index in [9.17, 15) is 4.79 Å². The highest BCUT2D eigenvalue weighted by Gasteiger charge is 2.21. The number of carbonyl (C=O) groups excluding carboxylic acids is 1. The molecule has 6 heteroatoms. The molecule has 1 amide bonds. The summed E-state index contributed by atoms with van der Waals surface area (Å²) in [6, 6.07) is 5.36. The number of nitrogens with zero attached hydrogens (tertiary/aromatic N) is 2. The quantitative estimate of drug-likeness (QED) is 0.917. The zero-order valence-corrected chi connectivity index (χ0v) is 13.4. The zero-order valence-electron chi connectivity index (χ0n) is 13.4. The van der Waals surface area contributed by atoms with Crippen molar-refractivity contribution in [3.63, 3.8) is 0 Å². The first-order valence-corrected chi connectivity index (χ1v) is 7.83. The van der Waals surface area contributed by atoms with Crippen LogP contribution < -0.4 is 14.8 Å². The molecular weight excluding hydrogens is 294 g/mol. The van der Waals surface area contributed by atoms with Crippen LogP contribution in [0.3, 0.4) is 0 Å². The van der Waals surface area contributed by atoms with E-state index in [-0.39, 0.29) is 11.9 Å². The summed E-state index contributed by atoms with van der Waals surface area (Å²) < 4.78 is 12.9. The van der Waals surface area contributed by atoms with Crippen molar-refractivity contribution >= 4 is 5.91 Å². The summed E-state index contributed by atoms with van der Waals surface area (Å²) in [5, 5.41) is 3.08. The number of benzene rings is 1. The van der Waals surface area contributed by atoms with Crippen molar-refractivity contribution < 1.29 is 14.3 Å². The maximum atomic E-state index is 12.5. The number of aryl methyl sites for hydroxylation is 1. The normalized spacial score (nSPS) is 16.5. The Balaban J connectivity index is 1.69. The first-order chi connectivity index (χ1) is 11.2. The molecule has 0 bridgehead atoms. The third-order valence-electron chi connectivity index (χ3n) is 4.00. The fraction of sp³-hybridized carbons (Fsp3) is 0.412. The van der Waals surface area contributed by atoms with Crippen LogP contribution >= 0.6 is 0 Å². The molecule has 1 aliphatic rings. The molecule has 1 aromatic carbocycles. The lowest BCUT2D eigenvalue weighted by Crippen LogP contribution is -2.40. The molecule has 0 fully saturated rings. The molecule has 0 saturated carbocycles. The van der Waals surface area contributed by atoms with Gasteiger partial charge in [-0.3, -0.25) is 4.79 Å². The van der Waals surface area contributed by atoms with E-state index in [0.29, 0.717) is 23.7 Å². The topological polar surface area (TPSA) is 65.4 Å². The highest BCUT2D eigenvalue weighted by Crippen LogP contribution is 2.28. The van der Waals surface area contributed by atoms with E-state index in [1.54, 1.807) is 31.5 Å². The van der Waals surface area contributed by atoms with E-state index in [0.717, 1.165) is 25.2 Å². The molecule has 0 saturated heterocycles. The third kappa shape index (κ3) is 3.31. The Morgan fingerprint density at radius 3 is 3.09 bits per heavy atom. The van der Waals surface area contributed by atoms with Crippen LogP contribution in [0.4, 0.5) is 0 Å². The number of aromatic nitrogens is 2. The first-order valence-electron chi connectivity index (χ1n) is 7.83. The number of hydrogen-bond acceptors (Lipinski definition) is 4. The van der Waals surface area contributed by atoms with E-state index in [2.05, 4.69) is 14.9 Å². The van der Waals surface area contributed by atoms with Crippen molar-refractivity contribution in [1.29, 1.82) is 0 Å². The van der Waals surface area contributed by atoms with Crippen LogP contribution in [0.5, 0.6) is 11.5 Å². The second kappa shape index (κ2) is 6.73. The Hall–Kier alpha value is -2.50.